The standard InChI is InChI=1S/C26H24N2O3/c1-17(2)23(28-25(30)20-13-7-8-14-21(20)26(28)31)24(29)27-22-15-9-6-12-19(22)16-18-10-4-3-5-11-18/h3-15,17,23H,16H2,1-2H3,(H,27,29)/t23-/m0/s1. The largest absolute Gasteiger partial charge is 0.324 e. The van der Waals surface area contributed by atoms with Crippen molar-refractivity contribution in [1.29, 1.82) is 0 Å². The lowest BCUT2D eigenvalue weighted by Crippen LogP contribution is -2.50. The van der Waals surface area contributed by atoms with E-state index in [9.17, 15) is 14.4 Å². The molecule has 0 aromatic heterocycles. The maximum atomic E-state index is 13.3. The number of anilines is 1. The zero-order valence-electron chi connectivity index (χ0n) is 17.5. The number of rotatable bonds is 6. The summed E-state index contributed by atoms with van der Waals surface area (Å²) < 4.78 is 0. The Kier molecular flexibility index (Phi) is 5.67. The molecule has 31 heavy (non-hydrogen) atoms. The number of hydrogen-bond donors (Lipinski definition) is 1. The van der Waals surface area contributed by atoms with Crippen LogP contribution in [-0.2, 0) is 11.2 Å². The van der Waals surface area contributed by atoms with E-state index in [2.05, 4.69) is 5.32 Å². The Labute approximate surface area is 181 Å². The fourth-order valence-electron chi connectivity index (χ4n) is 4.00. The van der Waals surface area contributed by atoms with E-state index >= 15 is 0 Å². The minimum atomic E-state index is -0.905. The van der Waals surface area contributed by atoms with Crippen LogP contribution in [0.2, 0.25) is 0 Å². The van der Waals surface area contributed by atoms with Crippen LogP contribution in [0.15, 0.2) is 78.9 Å². The minimum absolute atomic E-state index is 0.247. The molecule has 0 saturated heterocycles. The Morgan fingerprint density at radius 2 is 1.35 bits per heavy atom. The van der Waals surface area contributed by atoms with Crippen molar-refractivity contribution >= 4 is 23.4 Å². The minimum Gasteiger partial charge on any atom is -0.324 e. The summed E-state index contributed by atoms with van der Waals surface area (Å²) >= 11 is 0. The van der Waals surface area contributed by atoms with Crippen molar-refractivity contribution in [1.82, 2.24) is 4.90 Å². The topological polar surface area (TPSA) is 66.5 Å². The van der Waals surface area contributed by atoms with Gasteiger partial charge in [-0.1, -0.05) is 74.5 Å². The Bertz CT molecular complexity index is 1100. The van der Waals surface area contributed by atoms with Crippen molar-refractivity contribution in [3.63, 3.8) is 0 Å². The summed E-state index contributed by atoms with van der Waals surface area (Å²) in [5.74, 6) is -1.47. The summed E-state index contributed by atoms with van der Waals surface area (Å²) in [4.78, 5) is 40.3. The maximum absolute atomic E-state index is 13.3. The van der Waals surface area contributed by atoms with Gasteiger partial charge in [-0.25, -0.2) is 0 Å². The number of amides is 3. The predicted molar refractivity (Wildman–Crippen MR) is 120 cm³/mol. The lowest BCUT2D eigenvalue weighted by atomic mass is 10.00. The van der Waals surface area contributed by atoms with Gasteiger partial charge in [0, 0.05) is 5.69 Å². The second-order valence-corrected chi connectivity index (χ2v) is 8.02. The van der Waals surface area contributed by atoms with Gasteiger partial charge in [-0.05, 0) is 41.7 Å². The van der Waals surface area contributed by atoms with Gasteiger partial charge in [0.25, 0.3) is 11.8 Å². The van der Waals surface area contributed by atoms with Crippen LogP contribution in [-0.4, -0.2) is 28.7 Å². The fourth-order valence-corrected chi connectivity index (χ4v) is 4.00. The highest BCUT2D eigenvalue weighted by atomic mass is 16.2. The molecule has 0 bridgehead atoms. The number of nitrogens with zero attached hydrogens (tertiary/aromatic N) is 1. The zero-order chi connectivity index (χ0) is 22.0. The van der Waals surface area contributed by atoms with Crippen LogP contribution in [0.1, 0.15) is 45.7 Å². The first-order valence-electron chi connectivity index (χ1n) is 10.4. The summed E-state index contributed by atoms with van der Waals surface area (Å²) in [5.41, 5.74) is 3.46. The fraction of sp³-hybridized carbons (Fsp3) is 0.192. The Morgan fingerprint density at radius 3 is 1.97 bits per heavy atom. The summed E-state index contributed by atoms with van der Waals surface area (Å²) in [6.45, 7) is 3.67. The number of hydrogen-bond acceptors (Lipinski definition) is 3. The highest BCUT2D eigenvalue weighted by Crippen LogP contribution is 2.28. The smallest absolute Gasteiger partial charge is 0.262 e. The van der Waals surface area contributed by atoms with Gasteiger partial charge >= 0.3 is 0 Å². The van der Waals surface area contributed by atoms with E-state index in [1.165, 1.54) is 0 Å². The molecule has 1 aliphatic rings. The Morgan fingerprint density at radius 1 is 0.806 bits per heavy atom. The van der Waals surface area contributed by atoms with E-state index in [-0.39, 0.29) is 11.8 Å². The van der Waals surface area contributed by atoms with Crippen LogP contribution in [0, 0.1) is 5.92 Å². The van der Waals surface area contributed by atoms with Crippen LogP contribution in [0.3, 0.4) is 0 Å². The Balaban J connectivity index is 1.60. The van der Waals surface area contributed by atoms with Crippen LogP contribution in [0.5, 0.6) is 0 Å². The van der Waals surface area contributed by atoms with Gasteiger partial charge in [0.05, 0.1) is 11.1 Å². The van der Waals surface area contributed by atoms with E-state index in [0.29, 0.717) is 23.2 Å². The van der Waals surface area contributed by atoms with Crippen molar-refractivity contribution in [2.45, 2.75) is 26.3 Å². The normalized spacial score (nSPS) is 14.0. The monoisotopic (exact) mass is 412 g/mol. The van der Waals surface area contributed by atoms with Gasteiger partial charge in [0.2, 0.25) is 5.91 Å². The van der Waals surface area contributed by atoms with E-state index in [4.69, 9.17) is 0 Å². The van der Waals surface area contributed by atoms with Crippen LogP contribution >= 0.6 is 0 Å². The number of imide groups is 1. The van der Waals surface area contributed by atoms with Gasteiger partial charge in [-0.3, -0.25) is 19.3 Å². The lowest BCUT2D eigenvalue weighted by molar-refractivity contribution is -0.121. The second-order valence-electron chi connectivity index (χ2n) is 8.02. The Hall–Kier alpha value is -3.73. The first kappa shape index (κ1) is 20.5. The van der Waals surface area contributed by atoms with E-state index in [1.807, 2.05) is 68.4 Å². The number of benzene rings is 3. The molecule has 3 amide bonds. The van der Waals surface area contributed by atoms with Gasteiger partial charge < -0.3 is 5.32 Å². The summed E-state index contributed by atoms with van der Waals surface area (Å²) in [6.07, 6.45) is 0.663. The molecule has 0 aliphatic carbocycles. The molecule has 3 aromatic carbocycles. The maximum Gasteiger partial charge on any atom is 0.262 e. The molecule has 5 nitrogen and oxygen atoms in total. The molecular weight excluding hydrogens is 388 g/mol. The van der Waals surface area contributed by atoms with E-state index in [1.54, 1.807) is 24.3 Å². The molecule has 0 unspecified atom stereocenters. The lowest BCUT2D eigenvalue weighted by Gasteiger charge is -2.28. The SMILES string of the molecule is CC(C)[C@@H](C(=O)Nc1ccccc1Cc1ccccc1)N1C(=O)c2ccccc2C1=O. The van der Waals surface area contributed by atoms with Crippen molar-refractivity contribution in [3.8, 4) is 0 Å². The average molecular weight is 412 g/mol. The highest BCUT2D eigenvalue weighted by Gasteiger charge is 2.43. The number of carbonyl (C=O) groups excluding carboxylic acids is 3. The first-order valence-corrected chi connectivity index (χ1v) is 10.4. The van der Waals surface area contributed by atoms with E-state index < -0.39 is 17.9 Å². The van der Waals surface area contributed by atoms with Crippen LogP contribution in [0.4, 0.5) is 5.69 Å². The van der Waals surface area contributed by atoms with Crippen molar-refractivity contribution in [2.75, 3.05) is 5.32 Å². The summed E-state index contributed by atoms with van der Waals surface area (Å²) in [7, 11) is 0. The molecule has 1 N–H and O–H groups in total. The quantitative estimate of drug-likeness (QED) is 0.605. The molecule has 1 heterocycles. The van der Waals surface area contributed by atoms with E-state index in [0.717, 1.165) is 16.0 Å². The number of para-hydroxylation sites is 1. The number of fused-ring (bicyclic) bond motifs is 1. The van der Waals surface area contributed by atoms with Gasteiger partial charge in [0.1, 0.15) is 6.04 Å². The molecule has 3 aromatic rings. The molecule has 0 fully saturated rings. The first-order chi connectivity index (χ1) is 15.0. The molecule has 4 rings (SSSR count). The van der Waals surface area contributed by atoms with Crippen molar-refractivity contribution in [2.24, 2.45) is 5.92 Å². The number of nitrogens with one attached hydrogen (secondary N) is 1. The molecular formula is C26H24N2O3. The third kappa shape index (κ3) is 3.99. The van der Waals surface area contributed by atoms with Crippen molar-refractivity contribution < 1.29 is 14.4 Å². The van der Waals surface area contributed by atoms with Gasteiger partial charge in [-0.15, -0.1) is 0 Å². The zero-order valence-corrected chi connectivity index (χ0v) is 17.5. The van der Waals surface area contributed by atoms with Crippen molar-refractivity contribution in [3.05, 3.63) is 101 Å². The molecule has 1 atom stereocenters. The van der Waals surface area contributed by atoms with Gasteiger partial charge in [-0.2, -0.15) is 0 Å². The van der Waals surface area contributed by atoms with Gasteiger partial charge in [0.15, 0.2) is 0 Å². The van der Waals surface area contributed by atoms with Crippen LogP contribution in [0.25, 0.3) is 0 Å². The second kappa shape index (κ2) is 8.56. The molecule has 156 valence electrons. The third-order valence-corrected chi connectivity index (χ3v) is 5.52. The molecule has 0 radical (unpaired) electrons. The molecule has 0 saturated carbocycles. The molecule has 1 aliphatic heterocycles. The number of carbonyl (C=O) groups is 3. The van der Waals surface area contributed by atoms with Crippen LogP contribution < -0.4 is 5.32 Å². The summed E-state index contributed by atoms with van der Waals surface area (Å²) in [6, 6.07) is 23.4. The molecule has 0 spiro atoms. The molecule has 5 heteroatoms. The summed E-state index contributed by atoms with van der Waals surface area (Å²) in [5, 5.41) is 2.97. The average Bonchev–Trinajstić information content (AvgIpc) is 3.01. The predicted octanol–water partition coefficient (Wildman–Crippen LogP) is 4.54. The highest BCUT2D eigenvalue weighted by molar-refractivity contribution is 6.23. The third-order valence-electron chi connectivity index (χ3n) is 5.52.